The molecule has 1 rings (SSSR count). The summed E-state index contributed by atoms with van der Waals surface area (Å²) < 4.78 is 5.20. The molecule has 1 aromatic rings. The van der Waals surface area contributed by atoms with Crippen molar-refractivity contribution >= 4 is 5.97 Å². The zero-order valence-electron chi connectivity index (χ0n) is 11.9. The quantitative estimate of drug-likeness (QED) is 0.785. The molecule has 0 saturated carbocycles. The molecular formula is C15H23NO3. The van der Waals surface area contributed by atoms with Gasteiger partial charge in [0.1, 0.15) is 0 Å². The van der Waals surface area contributed by atoms with Crippen molar-refractivity contribution in [1.82, 2.24) is 4.90 Å². The van der Waals surface area contributed by atoms with Crippen LogP contribution in [-0.4, -0.2) is 36.2 Å². The van der Waals surface area contributed by atoms with Gasteiger partial charge >= 0.3 is 5.97 Å². The summed E-state index contributed by atoms with van der Waals surface area (Å²) in [5, 5.41) is 9.15. The minimum Gasteiger partial charge on any atom is -0.481 e. The van der Waals surface area contributed by atoms with Crippen molar-refractivity contribution in [3.63, 3.8) is 0 Å². The fourth-order valence-electron chi connectivity index (χ4n) is 2.41. The summed E-state index contributed by atoms with van der Waals surface area (Å²) in [7, 11) is 1.65. The highest BCUT2D eigenvalue weighted by molar-refractivity contribution is 5.68. The lowest BCUT2D eigenvalue weighted by molar-refractivity contribution is -0.138. The molecule has 0 aliphatic heterocycles. The Morgan fingerprint density at radius 3 is 2.47 bits per heavy atom. The molecule has 0 radical (unpaired) electrons. The Balaban J connectivity index is 3.11. The van der Waals surface area contributed by atoms with Gasteiger partial charge in [0.05, 0.1) is 13.0 Å². The van der Waals surface area contributed by atoms with Crippen LogP contribution >= 0.6 is 0 Å². The first kappa shape index (κ1) is 15.7. The zero-order chi connectivity index (χ0) is 14.3. The lowest BCUT2D eigenvalue weighted by Gasteiger charge is -2.30. The lowest BCUT2D eigenvalue weighted by Crippen LogP contribution is -2.31. The standard InChI is InChI=1S/C15H23NO3/c1-4-16(5-2)14(10-15(17)18)13-9-7-6-8-12(13)11-19-3/h6-9,14H,4-5,10-11H2,1-3H3,(H,17,18). The van der Waals surface area contributed by atoms with Crippen LogP contribution in [-0.2, 0) is 16.1 Å². The number of aliphatic carboxylic acids is 1. The molecule has 19 heavy (non-hydrogen) atoms. The second kappa shape index (κ2) is 7.92. The number of nitrogens with zero attached hydrogens (tertiary/aromatic N) is 1. The highest BCUT2D eigenvalue weighted by Crippen LogP contribution is 2.27. The molecule has 106 valence electrons. The smallest absolute Gasteiger partial charge is 0.305 e. The Kier molecular flexibility index (Phi) is 6.53. The van der Waals surface area contributed by atoms with Gasteiger partial charge in [-0.3, -0.25) is 9.69 Å². The van der Waals surface area contributed by atoms with Crippen LogP contribution in [0, 0.1) is 0 Å². The van der Waals surface area contributed by atoms with Gasteiger partial charge in [-0.25, -0.2) is 0 Å². The molecule has 1 N–H and O–H groups in total. The molecule has 4 heteroatoms. The molecule has 0 aliphatic rings. The maximum absolute atomic E-state index is 11.1. The Morgan fingerprint density at radius 2 is 1.95 bits per heavy atom. The van der Waals surface area contributed by atoms with E-state index in [-0.39, 0.29) is 12.5 Å². The van der Waals surface area contributed by atoms with Crippen LogP contribution in [0.5, 0.6) is 0 Å². The molecule has 0 heterocycles. The number of methoxy groups -OCH3 is 1. The summed E-state index contributed by atoms with van der Waals surface area (Å²) in [5.41, 5.74) is 2.11. The SMILES string of the molecule is CCN(CC)C(CC(=O)O)c1ccccc1COC. The summed E-state index contributed by atoms with van der Waals surface area (Å²) in [5.74, 6) is -0.774. The summed E-state index contributed by atoms with van der Waals surface area (Å²) in [4.78, 5) is 13.3. The molecule has 0 amide bonds. The van der Waals surface area contributed by atoms with E-state index in [9.17, 15) is 4.79 Å². The maximum Gasteiger partial charge on any atom is 0.305 e. The van der Waals surface area contributed by atoms with E-state index < -0.39 is 5.97 Å². The van der Waals surface area contributed by atoms with Crippen molar-refractivity contribution < 1.29 is 14.6 Å². The van der Waals surface area contributed by atoms with E-state index in [4.69, 9.17) is 9.84 Å². The second-order valence-electron chi connectivity index (χ2n) is 4.47. The number of hydrogen-bond acceptors (Lipinski definition) is 3. The molecule has 0 spiro atoms. The predicted octanol–water partition coefficient (Wildman–Crippen LogP) is 2.69. The molecule has 1 unspecified atom stereocenters. The molecular weight excluding hydrogens is 242 g/mol. The highest BCUT2D eigenvalue weighted by atomic mass is 16.5. The maximum atomic E-state index is 11.1. The number of carboxylic acid groups (broad SMARTS) is 1. The summed E-state index contributed by atoms with van der Waals surface area (Å²) in [6, 6.07) is 7.81. The third-order valence-electron chi connectivity index (χ3n) is 3.34. The topological polar surface area (TPSA) is 49.8 Å². The number of carboxylic acids is 1. The third-order valence-corrected chi connectivity index (χ3v) is 3.34. The molecule has 0 fully saturated rings. The molecule has 0 saturated heterocycles. The summed E-state index contributed by atoms with van der Waals surface area (Å²) in [6.07, 6.45) is 0.113. The van der Waals surface area contributed by atoms with Gasteiger partial charge in [-0.05, 0) is 24.2 Å². The molecule has 0 bridgehead atoms. The van der Waals surface area contributed by atoms with Crippen LogP contribution in [0.3, 0.4) is 0 Å². The predicted molar refractivity (Wildman–Crippen MR) is 75.1 cm³/mol. The van der Waals surface area contributed by atoms with Crippen LogP contribution in [0.25, 0.3) is 0 Å². The van der Waals surface area contributed by atoms with Crippen LogP contribution in [0.15, 0.2) is 24.3 Å². The molecule has 0 aliphatic carbocycles. The van der Waals surface area contributed by atoms with Crippen molar-refractivity contribution in [2.75, 3.05) is 20.2 Å². The number of hydrogen-bond donors (Lipinski definition) is 1. The van der Waals surface area contributed by atoms with E-state index in [1.807, 2.05) is 24.3 Å². The zero-order valence-corrected chi connectivity index (χ0v) is 11.9. The first-order valence-corrected chi connectivity index (χ1v) is 6.66. The molecule has 0 aromatic heterocycles. The number of ether oxygens (including phenoxy) is 1. The third kappa shape index (κ3) is 4.33. The van der Waals surface area contributed by atoms with Gasteiger partial charge in [0.25, 0.3) is 0 Å². The van der Waals surface area contributed by atoms with Gasteiger partial charge in [0, 0.05) is 13.2 Å². The monoisotopic (exact) mass is 265 g/mol. The largest absolute Gasteiger partial charge is 0.481 e. The fraction of sp³-hybridized carbons (Fsp3) is 0.533. The van der Waals surface area contributed by atoms with E-state index in [0.717, 1.165) is 24.2 Å². The molecule has 1 aromatic carbocycles. The van der Waals surface area contributed by atoms with E-state index in [0.29, 0.717) is 6.61 Å². The Bertz CT molecular complexity index is 402. The molecule has 4 nitrogen and oxygen atoms in total. The van der Waals surface area contributed by atoms with Crippen molar-refractivity contribution in [3.05, 3.63) is 35.4 Å². The fourth-order valence-corrected chi connectivity index (χ4v) is 2.41. The van der Waals surface area contributed by atoms with E-state index in [1.54, 1.807) is 7.11 Å². The van der Waals surface area contributed by atoms with Crippen molar-refractivity contribution in [2.45, 2.75) is 32.9 Å². The highest BCUT2D eigenvalue weighted by Gasteiger charge is 2.23. The van der Waals surface area contributed by atoms with Crippen LogP contribution in [0.1, 0.15) is 37.4 Å². The van der Waals surface area contributed by atoms with Gasteiger partial charge in [0.15, 0.2) is 0 Å². The van der Waals surface area contributed by atoms with Crippen LogP contribution < -0.4 is 0 Å². The van der Waals surface area contributed by atoms with Gasteiger partial charge < -0.3 is 9.84 Å². The Morgan fingerprint density at radius 1 is 1.32 bits per heavy atom. The minimum atomic E-state index is -0.774. The molecule has 1 atom stereocenters. The normalized spacial score (nSPS) is 12.6. The van der Waals surface area contributed by atoms with Crippen LogP contribution in [0.4, 0.5) is 0 Å². The van der Waals surface area contributed by atoms with Gasteiger partial charge in [-0.15, -0.1) is 0 Å². The lowest BCUT2D eigenvalue weighted by atomic mass is 9.96. The second-order valence-corrected chi connectivity index (χ2v) is 4.47. The first-order valence-electron chi connectivity index (χ1n) is 6.66. The van der Waals surface area contributed by atoms with E-state index in [1.165, 1.54) is 0 Å². The number of benzene rings is 1. The van der Waals surface area contributed by atoms with Gasteiger partial charge in [-0.1, -0.05) is 38.1 Å². The van der Waals surface area contributed by atoms with Crippen LogP contribution in [0.2, 0.25) is 0 Å². The van der Waals surface area contributed by atoms with Crippen molar-refractivity contribution in [1.29, 1.82) is 0 Å². The number of carbonyl (C=O) groups is 1. The first-order chi connectivity index (χ1) is 9.13. The van der Waals surface area contributed by atoms with E-state index >= 15 is 0 Å². The van der Waals surface area contributed by atoms with Gasteiger partial charge in [0.2, 0.25) is 0 Å². The summed E-state index contributed by atoms with van der Waals surface area (Å²) >= 11 is 0. The van der Waals surface area contributed by atoms with E-state index in [2.05, 4.69) is 18.7 Å². The average Bonchev–Trinajstić information content (AvgIpc) is 2.39. The number of rotatable bonds is 8. The minimum absolute atomic E-state index is 0.0983. The Labute approximate surface area is 115 Å². The van der Waals surface area contributed by atoms with Crippen molar-refractivity contribution in [3.8, 4) is 0 Å². The van der Waals surface area contributed by atoms with Gasteiger partial charge in [-0.2, -0.15) is 0 Å². The van der Waals surface area contributed by atoms with Crippen molar-refractivity contribution in [2.24, 2.45) is 0 Å². The summed E-state index contributed by atoms with van der Waals surface area (Å²) in [6.45, 7) is 6.27. The average molecular weight is 265 g/mol. The Hall–Kier alpha value is -1.39.